The lowest BCUT2D eigenvalue weighted by molar-refractivity contribution is -0.136. The van der Waals surface area contributed by atoms with E-state index in [1.165, 1.54) is 16.4 Å². The van der Waals surface area contributed by atoms with E-state index in [1.54, 1.807) is 28.4 Å². The molecule has 29 heavy (non-hydrogen) atoms. The summed E-state index contributed by atoms with van der Waals surface area (Å²) in [6, 6.07) is 8.58. The quantitative estimate of drug-likeness (QED) is 0.550. The average Bonchev–Trinajstić information content (AvgIpc) is 3.20. The van der Waals surface area contributed by atoms with Crippen molar-refractivity contribution in [2.45, 2.75) is 24.3 Å². The zero-order valence-corrected chi connectivity index (χ0v) is 18.9. The zero-order chi connectivity index (χ0) is 21.0. The predicted molar refractivity (Wildman–Crippen MR) is 118 cm³/mol. The molecule has 1 fully saturated rings. The van der Waals surface area contributed by atoms with E-state index in [4.69, 9.17) is 23.2 Å². The van der Waals surface area contributed by atoms with Gasteiger partial charge in [0.05, 0.1) is 16.6 Å². The fraction of sp³-hybridized carbons (Fsp3) is 0.350. The Labute approximate surface area is 185 Å². The highest BCUT2D eigenvalue weighted by atomic mass is 35.5. The molecule has 156 valence electrons. The summed E-state index contributed by atoms with van der Waals surface area (Å²) in [5.74, 6) is -0.186. The van der Waals surface area contributed by atoms with Gasteiger partial charge in [-0.1, -0.05) is 41.4 Å². The lowest BCUT2D eigenvalue weighted by Crippen LogP contribution is -2.44. The standard InChI is InChI=1S/C20H22Cl2N2O3S2/c1-2-10-23(14-16-5-4-13-28-16)20(25)15-8-11-24(12-9-15)29(26,27)19-17(21)6-3-7-18(19)22/h2-7,13,15H,1,8-12,14H2. The molecule has 5 nitrogen and oxygen atoms in total. The van der Waals surface area contributed by atoms with Crippen LogP contribution in [0.1, 0.15) is 17.7 Å². The molecule has 3 rings (SSSR count). The number of piperidine rings is 1. The predicted octanol–water partition coefficient (Wildman–Crippen LogP) is 4.67. The zero-order valence-electron chi connectivity index (χ0n) is 15.8. The van der Waals surface area contributed by atoms with E-state index >= 15 is 0 Å². The summed E-state index contributed by atoms with van der Waals surface area (Å²) in [7, 11) is -3.81. The van der Waals surface area contributed by atoms with Crippen molar-refractivity contribution in [3.05, 3.63) is 63.3 Å². The SMILES string of the molecule is C=CCN(Cc1cccs1)C(=O)C1CCN(S(=O)(=O)c2c(Cl)cccc2Cl)CC1. The van der Waals surface area contributed by atoms with Crippen molar-refractivity contribution >= 4 is 50.5 Å². The molecule has 0 N–H and O–H groups in total. The average molecular weight is 473 g/mol. The Morgan fingerprint density at radius 1 is 1.21 bits per heavy atom. The van der Waals surface area contributed by atoms with Crippen LogP contribution in [0, 0.1) is 5.92 Å². The third-order valence-electron chi connectivity index (χ3n) is 4.91. The van der Waals surface area contributed by atoms with Crippen LogP contribution in [0.3, 0.4) is 0 Å². The van der Waals surface area contributed by atoms with Gasteiger partial charge < -0.3 is 4.90 Å². The van der Waals surface area contributed by atoms with Gasteiger partial charge in [0.1, 0.15) is 4.90 Å². The second-order valence-corrected chi connectivity index (χ2v) is 10.5. The Hall–Kier alpha value is -1.38. The van der Waals surface area contributed by atoms with Crippen LogP contribution in [0.4, 0.5) is 0 Å². The Morgan fingerprint density at radius 2 is 1.86 bits per heavy atom. The van der Waals surface area contributed by atoms with Crippen LogP contribution in [0.15, 0.2) is 53.3 Å². The normalized spacial score (nSPS) is 15.9. The molecule has 0 spiro atoms. The first-order chi connectivity index (χ1) is 13.8. The molecule has 1 aliphatic heterocycles. The summed E-state index contributed by atoms with van der Waals surface area (Å²) in [6.45, 7) is 5.25. The number of carbonyl (C=O) groups is 1. The van der Waals surface area contributed by atoms with E-state index in [2.05, 4.69) is 6.58 Å². The molecule has 1 amide bonds. The molecule has 0 unspecified atom stereocenters. The summed E-state index contributed by atoms with van der Waals surface area (Å²) in [4.78, 5) is 15.8. The van der Waals surface area contributed by atoms with Crippen molar-refractivity contribution in [2.24, 2.45) is 5.92 Å². The summed E-state index contributed by atoms with van der Waals surface area (Å²) in [6.07, 6.45) is 2.63. The van der Waals surface area contributed by atoms with E-state index in [1.807, 2.05) is 17.5 Å². The van der Waals surface area contributed by atoms with Gasteiger partial charge in [-0.3, -0.25) is 4.79 Å². The van der Waals surface area contributed by atoms with E-state index < -0.39 is 10.0 Å². The lowest BCUT2D eigenvalue weighted by atomic mass is 9.96. The number of hydrogen-bond acceptors (Lipinski definition) is 4. The summed E-state index contributed by atoms with van der Waals surface area (Å²) >= 11 is 13.8. The minimum atomic E-state index is -3.81. The van der Waals surface area contributed by atoms with E-state index in [-0.39, 0.29) is 39.9 Å². The van der Waals surface area contributed by atoms with Gasteiger partial charge in [0, 0.05) is 30.4 Å². The molecule has 0 aliphatic carbocycles. The monoisotopic (exact) mass is 472 g/mol. The maximum absolute atomic E-state index is 13.0. The van der Waals surface area contributed by atoms with Crippen molar-refractivity contribution < 1.29 is 13.2 Å². The topological polar surface area (TPSA) is 57.7 Å². The van der Waals surface area contributed by atoms with Crippen molar-refractivity contribution in [1.82, 2.24) is 9.21 Å². The minimum Gasteiger partial charge on any atom is -0.334 e. The molecule has 0 radical (unpaired) electrons. The molecule has 0 saturated carbocycles. The number of amides is 1. The number of hydrogen-bond donors (Lipinski definition) is 0. The highest BCUT2D eigenvalue weighted by Gasteiger charge is 2.35. The van der Waals surface area contributed by atoms with E-state index in [0.29, 0.717) is 25.9 Å². The maximum Gasteiger partial charge on any atom is 0.246 e. The molecule has 9 heteroatoms. The molecule has 0 bridgehead atoms. The lowest BCUT2D eigenvalue weighted by Gasteiger charge is -2.33. The molecule has 1 saturated heterocycles. The first kappa shape index (κ1) is 22.3. The summed E-state index contributed by atoms with van der Waals surface area (Å²) < 4.78 is 27.4. The first-order valence-electron chi connectivity index (χ1n) is 9.21. The highest BCUT2D eigenvalue weighted by Crippen LogP contribution is 2.33. The van der Waals surface area contributed by atoms with E-state index in [0.717, 1.165) is 4.88 Å². The Balaban J connectivity index is 1.69. The highest BCUT2D eigenvalue weighted by molar-refractivity contribution is 7.89. The van der Waals surface area contributed by atoms with Crippen molar-refractivity contribution in [2.75, 3.05) is 19.6 Å². The van der Waals surface area contributed by atoms with Gasteiger partial charge in [-0.25, -0.2) is 8.42 Å². The van der Waals surface area contributed by atoms with Crippen LogP contribution >= 0.6 is 34.5 Å². The van der Waals surface area contributed by atoms with Gasteiger partial charge in [0.25, 0.3) is 0 Å². The number of halogens is 2. The van der Waals surface area contributed by atoms with Crippen LogP contribution in [-0.4, -0.2) is 43.2 Å². The third-order valence-corrected chi connectivity index (χ3v) is 8.62. The van der Waals surface area contributed by atoms with Gasteiger partial charge >= 0.3 is 0 Å². The summed E-state index contributed by atoms with van der Waals surface area (Å²) in [5, 5.41) is 2.18. The van der Waals surface area contributed by atoms with Crippen molar-refractivity contribution in [3.8, 4) is 0 Å². The molecule has 2 aromatic rings. The molecular weight excluding hydrogens is 451 g/mol. The second-order valence-electron chi connectivity index (χ2n) is 6.82. The maximum atomic E-state index is 13.0. The van der Waals surface area contributed by atoms with Crippen molar-refractivity contribution in [1.29, 1.82) is 0 Å². The Kier molecular flexibility index (Phi) is 7.40. The van der Waals surface area contributed by atoms with Gasteiger partial charge in [0.2, 0.25) is 15.9 Å². The number of thiophene rings is 1. The second kappa shape index (κ2) is 9.62. The first-order valence-corrected chi connectivity index (χ1v) is 12.3. The molecule has 1 aliphatic rings. The molecule has 2 heterocycles. The number of nitrogens with zero attached hydrogens (tertiary/aromatic N) is 2. The van der Waals surface area contributed by atoms with Crippen molar-refractivity contribution in [3.63, 3.8) is 0 Å². The largest absolute Gasteiger partial charge is 0.334 e. The van der Waals surface area contributed by atoms with Crippen LogP contribution in [0.25, 0.3) is 0 Å². The Morgan fingerprint density at radius 3 is 2.41 bits per heavy atom. The number of benzene rings is 1. The van der Waals surface area contributed by atoms with Crippen LogP contribution < -0.4 is 0 Å². The number of carbonyl (C=O) groups excluding carboxylic acids is 1. The van der Waals surface area contributed by atoms with Crippen LogP contribution in [-0.2, 0) is 21.4 Å². The van der Waals surface area contributed by atoms with Gasteiger partial charge in [-0.05, 0) is 36.4 Å². The molecule has 1 aromatic heterocycles. The number of sulfonamides is 1. The fourth-order valence-corrected chi connectivity index (χ4v) is 6.72. The van der Waals surface area contributed by atoms with Crippen LogP contribution in [0.2, 0.25) is 10.0 Å². The van der Waals surface area contributed by atoms with E-state index in [9.17, 15) is 13.2 Å². The minimum absolute atomic E-state index is 0.0334. The Bertz CT molecular complexity index is 949. The third kappa shape index (κ3) is 5.03. The summed E-state index contributed by atoms with van der Waals surface area (Å²) in [5.41, 5.74) is 0. The molecule has 1 aromatic carbocycles. The van der Waals surface area contributed by atoms with Gasteiger partial charge in [-0.2, -0.15) is 4.31 Å². The van der Waals surface area contributed by atoms with Gasteiger partial charge in [-0.15, -0.1) is 17.9 Å². The van der Waals surface area contributed by atoms with Gasteiger partial charge in [0.15, 0.2) is 0 Å². The molecule has 0 atom stereocenters. The number of rotatable bonds is 7. The molecular formula is C20H22Cl2N2O3S2. The smallest absolute Gasteiger partial charge is 0.246 e. The van der Waals surface area contributed by atoms with Crippen LogP contribution in [0.5, 0.6) is 0 Å². The fourth-order valence-electron chi connectivity index (χ4n) is 3.44.